The smallest absolute Gasteiger partial charge is 0.145 e. The van der Waals surface area contributed by atoms with Gasteiger partial charge in [0.05, 0.1) is 17.4 Å². The summed E-state index contributed by atoms with van der Waals surface area (Å²) < 4.78 is 2.44. The number of rotatable bonds is 3. The highest BCUT2D eigenvalue weighted by Crippen LogP contribution is 2.40. The van der Waals surface area contributed by atoms with Gasteiger partial charge in [0.1, 0.15) is 5.65 Å². The average molecular weight is 451 g/mol. The second-order valence-corrected chi connectivity index (χ2v) is 9.35. The Morgan fingerprint density at radius 3 is 2.03 bits per heavy atom. The second-order valence-electron chi connectivity index (χ2n) is 9.35. The van der Waals surface area contributed by atoms with Crippen LogP contribution in [0.2, 0.25) is 0 Å². The van der Waals surface area contributed by atoms with Gasteiger partial charge in [-0.2, -0.15) is 0 Å². The van der Waals surface area contributed by atoms with Gasteiger partial charge in [0, 0.05) is 21.7 Å². The monoisotopic (exact) mass is 450 g/mol. The zero-order valence-corrected chi connectivity index (χ0v) is 20.0. The summed E-state index contributed by atoms with van der Waals surface area (Å²) in [5.74, 6) is 0. The number of aryl methyl sites for hydroxylation is 2. The lowest BCUT2D eigenvalue weighted by Gasteiger charge is -2.17. The summed E-state index contributed by atoms with van der Waals surface area (Å²) in [6.07, 6.45) is 4.08. The fraction of sp³-hybridized carbons (Fsp3) is 0.121. The van der Waals surface area contributed by atoms with E-state index in [0.29, 0.717) is 0 Å². The molecule has 0 aliphatic carbocycles. The summed E-state index contributed by atoms with van der Waals surface area (Å²) in [4.78, 5) is 5.07. The minimum Gasteiger partial charge on any atom is -0.291 e. The van der Waals surface area contributed by atoms with E-state index in [9.17, 15) is 0 Å². The Balaban J connectivity index is 1.81. The molecule has 0 N–H and O–H groups in total. The summed E-state index contributed by atoms with van der Waals surface area (Å²) in [5.41, 5.74) is 7.53. The molecule has 2 heterocycles. The molecule has 0 saturated heterocycles. The minimum absolute atomic E-state index is 0.992. The van der Waals surface area contributed by atoms with Gasteiger partial charge in [-0.15, -0.1) is 0 Å². The summed E-state index contributed by atoms with van der Waals surface area (Å²) in [6.45, 7) is 4.50. The third-order valence-corrected chi connectivity index (χ3v) is 7.58. The minimum atomic E-state index is 0.992. The first-order valence-corrected chi connectivity index (χ1v) is 12.5. The van der Waals surface area contributed by atoms with E-state index in [2.05, 4.69) is 115 Å². The number of fused-ring (bicyclic) bond motifs is 10. The van der Waals surface area contributed by atoms with E-state index < -0.39 is 0 Å². The van der Waals surface area contributed by atoms with E-state index in [1.807, 2.05) is 0 Å². The quantitative estimate of drug-likeness (QED) is 0.246. The molecule has 7 aromatic rings. The highest BCUT2D eigenvalue weighted by molar-refractivity contribution is 6.25. The molecular weight excluding hydrogens is 424 g/mol. The molecule has 0 bridgehead atoms. The largest absolute Gasteiger partial charge is 0.291 e. The van der Waals surface area contributed by atoms with Gasteiger partial charge in [-0.1, -0.05) is 105 Å². The van der Waals surface area contributed by atoms with Gasteiger partial charge in [-0.3, -0.25) is 4.40 Å². The van der Waals surface area contributed by atoms with Crippen LogP contribution in [0.5, 0.6) is 0 Å². The maximum Gasteiger partial charge on any atom is 0.145 e. The molecule has 35 heavy (non-hydrogen) atoms. The van der Waals surface area contributed by atoms with Crippen molar-refractivity contribution in [2.75, 3.05) is 0 Å². The van der Waals surface area contributed by atoms with Crippen LogP contribution in [0.3, 0.4) is 0 Å². The molecular formula is C33H26N2. The molecule has 0 atom stereocenters. The molecule has 0 unspecified atom stereocenters. The van der Waals surface area contributed by atoms with Crippen molar-refractivity contribution in [3.05, 3.63) is 108 Å². The molecule has 5 aromatic carbocycles. The van der Waals surface area contributed by atoms with Gasteiger partial charge < -0.3 is 0 Å². The standard InChI is InChI=1S/C33H26N2/c1-3-21-11-9-12-22(4-2)30(21)29-20-34-33-28-15-8-7-14-26(28)27-19-18-24-17-16-23-10-5-6-13-25(23)31(24)32(27)35(29)33/h5-20H,3-4H2,1-2H3. The van der Waals surface area contributed by atoms with Crippen molar-refractivity contribution in [3.8, 4) is 11.3 Å². The first kappa shape index (κ1) is 20.2. The molecule has 0 aliphatic heterocycles. The normalized spacial score (nSPS) is 11.9. The van der Waals surface area contributed by atoms with Gasteiger partial charge in [-0.25, -0.2) is 4.98 Å². The van der Waals surface area contributed by atoms with Gasteiger partial charge >= 0.3 is 0 Å². The van der Waals surface area contributed by atoms with Crippen molar-refractivity contribution in [1.29, 1.82) is 0 Å². The summed E-state index contributed by atoms with van der Waals surface area (Å²) in [5, 5.41) is 8.81. The third kappa shape index (κ3) is 2.80. The summed E-state index contributed by atoms with van der Waals surface area (Å²) in [7, 11) is 0. The van der Waals surface area contributed by atoms with Crippen LogP contribution >= 0.6 is 0 Å². The van der Waals surface area contributed by atoms with Crippen LogP contribution in [0.25, 0.3) is 60.1 Å². The molecule has 2 nitrogen and oxygen atoms in total. The van der Waals surface area contributed by atoms with E-state index in [4.69, 9.17) is 4.98 Å². The highest BCUT2D eigenvalue weighted by Gasteiger charge is 2.20. The van der Waals surface area contributed by atoms with Crippen LogP contribution in [-0.4, -0.2) is 9.38 Å². The Morgan fingerprint density at radius 1 is 0.600 bits per heavy atom. The number of nitrogens with zero attached hydrogens (tertiary/aromatic N) is 2. The SMILES string of the molecule is CCc1cccc(CC)c1-c1cnc2c3ccccc3c3ccc4ccc5ccccc5c4c3n12. The first-order chi connectivity index (χ1) is 17.3. The number of imidazole rings is 1. The molecule has 2 heteroatoms. The Bertz CT molecular complexity index is 1900. The topological polar surface area (TPSA) is 17.3 Å². The Hall–Kier alpha value is -4.17. The third-order valence-electron chi connectivity index (χ3n) is 7.58. The van der Waals surface area contributed by atoms with Crippen molar-refractivity contribution in [3.63, 3.8) is 0 Å². The number of aromatic nitrogens is 2. The molecule has 0 amide bonds. The summed E-state index contributed by atoms with van der Waals surface area (Å²) in [6, 6.07) is 33.2. The van der Waals surface area contributed by atoms with E-state index >= 15 is 0 Å². The van der Waals surface area contributed by atoms with E-state index in [1.54, 1.807) is 0 Å². The molecule has 0 radical (unpaired) electrons. The maximum absolute atomic E-state index is 5.07. The number of benzene rings is 5. The van der Waals surface area contributed by atoms with Crippen molar-refractivity contribution in [1.82, 2.24) is 9.38 Å². The van der Waals surface area contributed by atoms with Gasteiger partial charge in [0.2, 0.25) is 0 Å². The predicted molar refractivity (Wildman–Crippen MR) is 149 cm³/mol. The van der Waals surface area contributed by atoms with Crippen LogP contribution in [0.1, 0.15) is 25.0 Å². The first-order valence-electron chi connectivity index (χ1n) is 12.5. The van der Waals surface area contributed by atoms with Crippen molar-refractivity contribution in [2.45, 2.75) is 26.7 Å². The van der Waals surface area contributed by atoms with Crippen molar-refractivity contribution < 1.29 is 0 Å². The van der Waals surface area contributed by atoms with Crippen LogP contribution in [0.4, 0.5) is 0 Å². The lowest BCUT2D eigenvalue weighted by atomic mass is 9.94. The molecule has 0 fully saturated rings. The number of pyridine rings is 1. The van der Waals surface area contributed by atoms with Gasteiger partial charge in [0.15, 0.2) is 0 Å². The fourth-order valence-electron chi connectivity index (χ4n) is 5.96. The second kappa shape index (κ2) is 7.68. The van der Waals surface area contributed by atoms with Crippen LogP contribution in [0.15, 0.2) is 97.2 Å². The Kier molecular flexibility index (Phi) is 4.44. The lowest BCUT2D eigenvalue weighted by molar-refractivity contribution is 1.08. The molecule has 0 spiro atoms. The zero-order chi connectivity index (χ0) is 23.5. The molecule has 168 valence electrons. The average Bonchev–Trinajstić information content (AvgIpc) is 3.37. The molecule has 0 saturated carbocycles. The van der Waals surface area contributed by atoms with Crippen molar-refractivity contribution >= 4 is 48.9 Å². The molecule has 7 rings (SSSR count). The molecule has 2 aromatic heterocycles. The van der Waals surface area contributed by atoms with E-state index in [1.165, 1.54) is 65.6 Å². The summed E-state index contributed by atoms with van der Waals surface area (Å²) >= 11 is 0. The van der Waals surface area contributed by atoms with Crippen LogP contribution < -0.4 is 0 Å². The number of hydrogen-bond donors (Lipinski definition) is 0. The highest BCUT2D eigenvalue weighted by atomic mass is 15.0. The van der Waals surface area contributed by atoms with Gasteiger partial charge in [0.25, 0.3) is 0 Å². The van der Waals surface area contributed by atoms with Gasteiger partial charge in [-0.05, 0) is 45.5 Å². The predicted octanol–water partition coefficient (Wildman–Crippen LogP) is 8.74. The van der Waals surface area contributed by atoms with E-state index in [0.717, 1.165) is 18.5 Å². The Morgan fingerprint density at radius 2 is 1.26 bits per heavy atom. The van der Waals surface area contributed by atoms with E-state index in [-0.39, 0.29) is 0 Å². The van der Waals surface area contributed by atoms with Crippen molar-refractivity contribution in [2.24, 2.45) is 0 Å². The maximum atomic E-state index is 5.07. The van der Waals surface area contributed by atoms with Crippen LogP contribution in [-0.2, 0) is 12.8 Å². The Labute approximate surface area is 204 Å². The fourth-order valence-corrected chi connectivity index (χ4v) is 5.96. The number of hydrogen-bond acceptors (Lipinski definition) is 1. The van der Waals surface area contributed by atoms with Crippen LogP contribution in [0, 0.1) is 0 Å². The molecule has 0 aliphatic rings. The zero-order valence-electron chi connectivity index (χ0n) is 20.0. The lowest BCUT2D eigenvalue weighted by Crippen LogP contribution is -2.00.